The molecule has 6 nitrogen and oxygen atoms in total. The van der Waals surface area contributed by atoms with Gasteiger partial charge in [0.05, 0.1) is 5.92 Å². The number of ether oxygens (including phenoxy) is 2. The van der Waals surface area contributed by atoms with E-state index in [2.05, 4.69) is 5.32 Å². The number of carbonyl (C=O) groups is 2. The third kappa shape index (κ3) is 6.38. The molecule has 138 valence electrons. The van der Waals surface area contributed by atoms with E-state index in [9.17, 15) is 9.59 Å². The van der Waals surface area contributed by atoms with Gasteiger partial charge in [-0.05, 0) is 39.2 Å². The van der Waals surface area contributed by atoms with E-state index >= 15 is 0 Å². The number of benzene rings is 1. The fraction of sp³-hybridized carbons (Fsp3) is 0.579. The molecule has 0 aromatic heterocycles. The Morgan fingerprint density at radius 1 is 1.28 bits per heavy atom. The van der Waals surface area contributed by atoms with Crippen molar-refractivity contribution in [3.05, 3.63) is 35.9 Å². The van der Waals surface area contributed by atoms with Crippen molar-refractivity contribution in [1.82, 2.24) is 5.32 Å². The van der Waals surface area contributed by atoms with Crippen LogP contribution in [0, 0.1) is 5.92 Å². The molecule has 0 aliphatic heterocycles. The molecule has 2 atom stereocenters. The minimum absolute atomic E-state index is 0.235. The summed E-state index contributed by atoms with van der Waals surface area (Å²) < 4.78 is 10.8. The van der Waals surface area contributed by atoms with E-state index in [1.54, 1.807) is 0 Å². The topological polar surface area (TPSA) is 90.6 Å². The summed E-state index contributed by atoms with van der Waals surface area (Å²) in [5.74, 6) is -0.650. The first-order chi connectivity index (χ1) is 11.7. The maximum Gasteiger partial charge on any atom is 0.409 e. The molecule has 1 amide bonds. The van der Waals surface area contributed by atoms with Gasteiger partial charge >= 0.3 is 12.1 Å². The molecule has 1 aromatic rings. The fourth-order valence-electron chi connectivity index (χ4n) is 2.93. The average molecular weight is 348 g/mol. The first kappa shape index (κ1) is 19.2. The number of amides is 1. The van der Waals surface area contributed by atoms with Gasteiger partial charge in [0.15, 0.2) is 5.72 Å². The standard InChI is InChI=1S/C19H28N2O4/c1-18(2,3)21-17(23)25-19(20)11-7-10-15(12-19)16(22)24-13-14-8-5-4-6-9-14/h4-6,8-9,15H,7,10-13,20H2,1-3H3,(H,21,23). The van der Waals surface area contributed by atoms with E-state index in [1.165, 1.54) is 0 Å². The van der Waals surface area contributed by atoms with E-state index in [4.69, 9.17) is 15.2 Å². The smallest absolute Gasteiger partial charge is 0.409 e. The number of rotatable bonds is 4. The van der Waals surface area contributed by atoms with Gasteiger partial charge in [-0.1, -0.05) is 30.3 Å². The normalized spacial score (nSPS) is 23.6. The zero-order valence-corrected chi connectivity index (χ0v) is 15.2. The van der Waals surface area contributed by atoms with Crippen molar-refractivity contribution in [2.45, 2.75) is 64.3 Å². The molecule has 2 unspecified atom stereocenters. The Morgan fingerprint density at radius 2 is 1.96 bits per heavy atom. The zero-order valence-electron chi connectivity index (χ0n) is 15.2. The third-order valence-electron chi connectivity index (χ3n) is 4.07. The molecule has 0 spiro atoms. The Hall–Kier alpha value is -2.08. The summed E-state index contributed by atoms with van der Waals surface area (Å²) >= 11 is 0. The van der Waals surface area contributed by atoms with Gasteiger partial charge in [0.25, 0.3) is 0 Å². The highest BCUT2D eigenvalue weighted by molar-refractivity contribution is 5.73. The number of esters is 1. The molecule has 25 heavy (non-hydrogen) atoms. The quantitative estimate of drug-likeness (QED) is 0.644. The SMILES string of the molecule is CC(C)(C)NC(=O)OC1(N)CCCC(C(=O)OCc2ccccc2)C1. The summed E-state index contributed by atoms with van der Waals surface area (Å²) in [6, 6.07) is 9.52. The Morgan fingerprint density at radius 3 is 2.60 bits per heavy atom. The van der Waals surface area contributed by atoms with Crippen LogP contribution in [-0.2, 0) is 20.9 Å². The molecular formula is C19H28N2O4. The van der Waals surface area contributed by atoms with Gasteiger partial charge in [0, 0.05) is 18.4 Å². The van der Waals surface area contributed by atoms with Gasteiger partial charge in [0.2, 0.25) is 0 Å². The molecule has 0 bridgehead atoms. The van der Waals surface area contributed by atoms with Crippen LogP contribution in [0.4, 0.5) is 4.79 Å². The second kappa shape index (κ2) is 7.87. The lowest BCUT2D eigenvalue weighted by Crippen LogP contribution is -2.53. The van der Waals surface area contributed by atoms with Crippen molar-refractivity contribution in [2.24, 2.45) is 11.7 Å². The zero-order chi connectivity index (χ0) is 18.5. The van der Waals surface area contributed by atoms with Gasteiger partial charge in [-0.3, -0.25) is 10.5 Å². The van der Waals surface area contributed by atoms with E-state index < -0.39 is 17.4 Å². The van der Waals surface area contributed by atoms with E-state index in [1.807, 2.05) is 51.1 Å². The maximum absolute atomic E-state index is 12.3. The molecule has 1 fully saturated rings. The summed E-state index contributed by atoms with van der Waals surface area (Å²) in [5.41, 5.74) is 5.62. The van der Waals surface area contributed by atoms with Crippen LogP contribution < -0.4 is 11.1 Å². The van der Waals surface area contributed by atoms with Crippen LogP contribution in [0.5, 0.6) is 0 Å². The van der Waals surface area contributed by atoms with Crippen molar-refractivity contribution in [3.63, 3.8) is 0 Å². The van der Waals surface area contributed by atoms with Gasteiger partial charge in [-0.2, -0.15) is 0 Å². The Labute approximate surface area is 149 Å². The van der Waals surface area contributed by atoms with Crippen LogP contribution in [0.25, 0.3) is 0 Å². The monoisotopic (exact) mass is 348 g/mol. The molecule has 0 heterocycles. The first-order valence-corrected chi connectivity index (χ1v) is 8.67. The summed E-state index contributed by atoms with van der Waals surface area (Å²) in [6.45, 7) is 5.82. The van der Waals surface area contributed by atoms with Crippen LogP contribution in [0.3, 0.4) is 0 Å². The Balaban J connectivity index is 1.88. The van der Waals surface area contributed by atoms with Gasteiger partial charge in [-0.15, -0.1) is 0 Å². The van der Waals surface area contributed by atoms with Crippen LogP contribution in [0.2, 0.25) is 0 Å². The summed E-state index contributed by atoms with van der Waals surface area (Å²) in [6.07, 6.45) is 1.65. The van der Waals surface area contributed by atoms with Crippen molar-refractivity contribution in [1.29, 1.82) is 0 Å². The van der Waals surface area contributed by atoms with E-state index in [-0.39, 0.29) is 24.9 Å². The molecule has 1 aromatic carbocycles. The highest BCUT2D eigenvalue weighted by Crippen LogP contribution is 2.32. The molecular weight excluding hydrogens is 320 g/mol. The van der Waals surface area contributed by atoms with Crippen molar-refractivity contribution in [2.75, 3.05) is 0 Å². The highest BCUT2D eigenvalue weighted by atomic mass is 16.6. The number of hydrogen-bond acceptors (Lipinski definition) is 5. The average Bonchev–Trinajstić information content (AvgIpc) is 2.51. The number of hydrogen-bond donors (Lipinski definition) is 2. The van der Waals surface area contributed by atoms with Gasteiger partial charge < -0.3 is 14.8 Å². The number of nitrogens with two attached hydrogens (primary N) is 1. The lowest BCUT2D eigenvalue weighted by atomic mass is 9.83. The van der Waals surface area contributed by atoms with E-state index in [0.29, 0.717) is 19.3 Å². The molecule has 1 saturated carbocycles. The van der Waals surface area contributed by atoms with Crippen LogP contribution in [0.1, 0.15) is 52.0 Å². The first-order valence-electron chi connectivity index (χ1n) is 8.67. The second-order valence-corrected chi connectivity index (χ2v) is 7.72. The second-order valence-electron chi connectivity index (χ2n) is 7.72. The number of alkyl carbamates (subject to hydrolysis) is 1. The maximum atomic E-state index is 12.3. The number of carbonyl (C=O) groups excluding carboxylic acids is 2. The minimum atomic E-state index is -1.13. The predicted molar refractivity (Wildman–Crippen MR) is 94.5 cm³/mol. The third-order valence-corrected chi connectivity index (χ3v) is 4.07. The lowest BCUT2D eigenvalue weighted by molar-refractivity contribution is -0.155. The summed E-state index contributed by atoms with van der Waals surface area (Å²) in [7, 11) is 0. The molecule has 2 rings (SSSR count). The molecule has 1 aliphatic carbocycles. The van der Waals surface area contributed by atoms with Crippen LogP contribution in [-0.4, -0.2) is 23.3 Å². The van der Waals surface area contributed by atoms with E-state index in [0.717, 1.165) is 5.56 Å². The van der Waals surface area contributed by atoms with Crippen molar-refractivity contribution >= 4 is 12.1 Å². The molecule has 0 radical (unpaired) electrons. The summed E-state index contributed by atoms with van der Waals surface area (Å²) in [5, 5.41) is 2.73. The molecule has 1 aliphatic rings. The van der Waals surface area contributed by atoms with Crippen LogP contribution in [0.15, 0.2) is 30.3 Å². The fourth-order valence-corrected chi connectivity index (χ4v) is 2.93. The minimum Gasteiger partial charge on any atom is -0.461 e. The Bertz CT molecular complexity index is 597. The Kier molecular flexibility index (Phi) is 6.06. The molecule has 6 heteroatoms. The van der Waals surface area contributed by atoms with Crippen LogP contribution >= 0.6 is 0 Å². The van der Waals surface area contributed by atoms with Crippen molar-refractivity contribution < 1.29 is 19.1 Å². The highest BCUT2D eigenvalue weighted by Gasteiger charge is 2.40. The largest absolute Gasteiger partial charge is 0.461 e. The predicted octanol–water partition coefficient (Wildman–Crippen LogP) is 3.10. The van der Waals surface area contributed by atoms with Crippen molar-refractivity contribution in [3.8, 4) is 0 Å². The number of nitrogens with one attached hydrogen (secondary N) is 1. The summed E-state index contributed by atoms with van der Waals surface area (Å²) in [4.78, 5) is 24.3. The van der Waals surface area contributed by atoms with Gasteiger partial charge in [0.1, 0.15) is 6.61 Å². The lowest BCUT2D eigenvalue weighted by Gasteiger charge is -2.37. The van der Waals surface area contributed by atoms with Gasteiger partial charge in [-0.25, -0.2) is 4.79 Å². The molecule has 3 N–H and O–H groups in total. The molecule has 0 saturated heterocycles.